The van der Waals surface area contributed by atoms with Crippen molar-refractivity contribution in [1.82, 2.24) is 14.7 Å². The first-order valence-corrected chi connectivity index (χ1v) is 10.0. The Bertz CT molecular complexity index is 973. The van der Waals surface area contributed by atoms with Gasteiger partial charge in [0.15, 0.2) is 5.03 Å². The molecule has 2 aromatic rings. The summed E-state index contributed by atoms with van der Waals surface area (Å²) in [6.07, 6.45) is 1.36. The predicted octanol–water partition coefficient (Wildman–Crippen LogP) is 1.16. The van der Waals surface area contributed by atoms with Crippen molar-refractivity contribution in [2.75, 3.05) is 5.32 Å². The van der Waals surface area contributed by atoms with Crippen LogP contribution in [0.1, 0.15) is 26.5 Å². The summed E-state index contributed by atoms with van der Waals surface area (Å²) < 4.78 is 31.9. The van der Waals surface area contributed by atoms with Gasteiger partial charge in [0.25, 0.3) is 10.0 Å². The van der Waals surface area contributed by atoms with Gasteiger partial charge in [-0.15, -0.1) is 0 Å². The highest BCUT2D eigenvalue weighted by Gasteiger charge is 2.31. The lowest BCUT2D eigenvalue weighted by molar-refractivity contribution is -0.160. The lowest BCUT2D eigenvalue weighted by Crippen LogP contribution is -2.42. The van der Waals surface area contributed by atoms with Crippen LogP contribution in [-0.2, 0) is 30.9 Å². The number of esters is 1. The number of hydrogen-bond donors (Lipinski definition) is 3. The number of carbonyl (C=O) groups excluding carboxylic acids is 1. The molecule has 11 heteroatoms. The molecule has 2 heterocycles. The Labute approximate surface area is 168 Å². The van der Waals surface area contributed by atoms with Crippen LogP contribution in [-0.4, -0.2) is 47.1 Å². The maximum atomic E-state index is 12.2. The number of aliphatic carboxylic acids is 1. The number of pyridine rings is 2. The molecule has 0 bridgehead atoms. The molecular formula is C18H22N4O6S. The number of aromatic nitrogens is 2. The van der Waals surface area contributed by atoms with E-state index in [-0.39, 0.29) is 17.4 Å². The molecule has 0 saturated carbocycles. The van der Waals surface area contributed by atoms with Crippen molar-refractivity contribution >= 4 is 27.8 Å². The molecule has 156 valence electrons. The number of nitrogens with one attached hydrogen (secondary N) is 2. The summed E-state index contributed by atoms with van der Waals surface area (Å²) in [7, 11) is -3.83. The molecule has 10 nitrogen and oxygen atoms in total. The van der Waals surface area contributed by atoms with Gasteiger partial charge in [-0.25, -0.2) is 32.7 Å². The van der Waals surface area contributed by atoms with Crippen molar-refractivity contribution in [1.29, 1.82) is 0 Å². The number of anilines is 1. The van der Waals surface area contributed by atoms with Crippen molar-refractivity contribution in [3.63, 3.8) is 0 Å². The molecule has 0 amide bonds. The van der Waals surface area contributed by atoms with Gasteiger partial charge in [-0.1, -0.05) is 12.1 Å². The summed E-state index contributed by atoms with van der Waals surface area (Å²) in [5.41, 5.74) is -0.547. The third kappa shape index (κ3) is 6.80. The van der Waals surface area contributed by atoms with Crippen molar-refractivity contribution in [3.8, 4) is 0 Å². The SMILES string of the molecule is CC(C)(C)OC(=O)C(Nc1cccc(CNS(=O)(=O)c2ccccn2)n1)C(=O)O. The Morgan fingerprint density at radius 3 is 2.48 bits per heavy atom. The van der Waals surface area contributed by atoms with E-state index in [1.807, 2.05) is 0 Å². The molecule has 0 aliphatic heterocycles. The maximum absolute atomic E-state index is 12.2. The lowest BCUT2D eigenvalue weighted by Gasteiger charge is -2.23. The molecule has 3 N–H and O–H groups in total. The second kappa shape index (κ2) is 8.97. The quantitative estimate of drug-likeness (QED) is 0.421. The van der Waals surface area contributed by atoms with Crippen LogP contribution in [0.4, 0.5) is 5.82 Å². The average molecular weight is 422 g/mol. The smallest absolute Gasteiger partial charge is 0.340 e. The van der Waals surface area contributed by atoms with Gasteiger partial charge >= 0.3 is 11.9 Å². The van der Waals surface area contributed by atoms with Crippen LogP contribution < -0.4 is 10.0 Å². The van der Waals surface area contributed by atoms with Crippen molar-refractivity contribution < 1.29 is 27.9 Å². The van der Waals surface area contributed by atoms with Gasteiger partial charge < -0.3 is 15.2 Å². The normalized spacial score (nSPS) is 12.8. The van der Waals surface area contributed by atoms with E-state index in [0.717, 1.165) is 0 Å². The van der Waals surface area contributed by atoms with Crippen LogP contribution >= 0.6 is 0 Å². The molecule has 0 aliphatic rings. The number of rotatable bonds is 8. The van der Waals surface area contributed by atoms with Crippen LogP contribution in [0.3, 0.4) is 0 Å². The molecule has 0 aliphatic carbocycles. The standard InChI is InChI=1S/C18H22N4O6S/c1-18(2,3)28-17(25)15(16(23)24)22-13-8-6-7-12(21-13)11-20-29(26,27)14-9-4-5-10-19-14/h4-10,15,20H,11H2,1-3H3,(H,21,22)(H,23,24). The highest BCUT2D eigenvalue weighted by atomic mass is 32.2. The Hall–Kier alpha value is -3.05. The first-order valence-electron chi connectivity index (χ1n) is 8.57. The fraction of sp³-hybridized carbons (Fsp3) is 0.333. The summed E-state index contributed by atoms with van der Waals surface area (Å²) in [4.78, 5) is 31.5. The number of carbonyl (C=O) groups is 2. The minimum atomic E-state index is -3.83. The van der Waals surface area contributed by atoms with E-state index in [9.17, 15) is 23.1 Å². The highest BCUT2D eigenvalue weighted by molar-refractivity contribution is 7.89. The number of carboxylic acid groups (broad SMARTS) is 1. The fourth-order valence-corrected chi connectivity index (χ4v) is 3.08. The molecule has 1 unspecified atom stereocenters. The summed E-state index contributed by atoms with van der Waals surface area (Å²) >= 11 is 0. The van der Waals surface area contributed by atoms with Gasteiger partial charge in [-0.3, -0.25) is 0 Å². The first kappa shape index (κ1) is 22.2. The number of sulfonamides is 1. The van der Waals surface area contributed by atoms with Crippen LogP contribution in [0, 0.1) is 0 Å². The Morgan fingerprint density at radius 2 is 1.90 bits per heavy atom. The van der Waals surface area contributed by atoms with E-state index >= 15 is 0 Å². The van der Waals surface area contributed by atoms with Gasteiger partial charge in [0.05, 0.1) is 12.2 Å². The maximum Gasteiger partial charge on any atom is 0.340 e. The average Bonchev–Trinajstić information content (AvgIpc) is 2.64. The number of carboxylic acids is 1. The Kier molecular flexibility index (Phi) is 6.88. The van der Waals surface area contributed by atoms with Gasteiger partial charge in [-0.05, 0) is 45.0 Å². The molecule has 2 aromatic heterocycles. The van der Waals surface area contributed by atoms with Crippen molar-refractivity contribution in [3.05, 3.63) is 48.3 Å². The molecule has 0 spiro atoms. The summed E-state index contributed by atoms with van der Waals surface area (Å²) in [5, 5.41) is 11.7. The van der Waals surface area contributed by atoms with E-state index in [0.29, 0.717) is 5.69 Å². The molecule has 2 rings (SSSR count). The molecule has 0 fully saturated rings. The van der Waals surface area contributed by atoms with E-state index in [2.05, 4.69) is 20.0 Å². The van der Waals surface area contributed by atoms with Gasteiger partial charge in [0.1, 0.15) is 11.4 Å². The summed E-state index contributed by atoms with van der Waals surface area (Å²) in [6.45, 7) is 4.71. The molecule has 0 saturated heterocycles. The molecule has 29 heavy (non-hydrogen) atoms. The van der Waals surface area contributed by atoms with Gasteiger partial charge in [-0.2, -0.15) is 0 Å². The van der Waals surface area contributed by atoms with Gasteiger partial charge in [0.2, 0.25) is 6.04 Å². The van der Waals surface area contributed by atoms with E-state index in [4.69, 9.17) is 4.74 Å². The van der Waals surface area contributed by atoms with Gasteiger partial charge in [0, 0.05) is 6.20 Å². The number of hydrogen-bond acceptors (Lipinski definition) is 8. The van der Waals surface area contributed by atoms with E-state index < -0.39 is 33.6 Å². The summed E-state index contributed by atoms with van der Waals surface area (Å²) in [6, 6.07) is 7.39. The van der Waals surface area contributed by atoms with E-state index in [1.165, 1.54) is 18.3 Å². The Balaban J connectivity index is 2.10. The largest absolute Gasteiger partial charge is 0.479 e. The predicted molar refractivity (Wildman–Crippen MR) is 103 cm³/mol. The molecule has 0 aromatic carbocycles. The molecule has 0 radical (unpaired) electrons. The second-order valence-electron chi connectivity index (χ2n) is 6.96. The van der Waals surface area contributed by atoms with Crippen LogP contribution in [0.5, 0.6) is 0 Å². The van der Waals surface area contributed by atoms with Crippen molar-refractivity contribution in [2.24, 2.45) is 0 Å². The van der Waals surface area contributed by atoms with Crippen LogP contribution in [0.25, 0.3) is 0 Å². The minimum absolute atomic E-state index is 0.0813. The molecule has 1 atom stereocenters. The second-order valence-corrected chi connectivity index (χ2v) is 8.67. The first-order chi connectivity index (χ1) is 13.5. The highest BCUT2D eigenvalue weighted by Crippen LogP contribution is 2.13. The Morgan fingerprint density at radius 1 is 1.17 bits per heavy atom. The topological polar surface area (TPSA) is 148 Å². The third-order valence-corrected chi connectivity index (χ3v) is 4.66. The monoisotopic (exact) mass is 422 g/mol. The van der Waals surface area contributed by atoms with Crippen LogP contribution in [0.15, 0.2) is 47.6 Å². The fourth-order valence-electron chi connectivity index (χ4n) is 2.14. The number of nitrogens with zero attached hydrogens (tertiary/aromatic N) is 2. The third-order valence-electron chi connectivity index (χ3n) is 3.34. The zero-order valence-corrected chi connectivity index (χ0v) is 16.9. The zero-order chi connectivity index (χ0) is 21.7. The van der Waals surface area contributed by atoms with E-state index in [1.54, 1.807) is 45.0 Å². The summed E-state index contributed by atoms with van der Waals surface area (Å²) in [5.74, 6) is -2.31. The zero-order valence-electron chi connectivity index (χ0n) is 16.1. The minimum Gasteiger partial charge on any atom is -0.479 e. The number of ether oxygens (including phenoxy) is 1. The van der Waals surface area contributed by atoms with Crippen molar-refractivity contribution in [2.45, 2.75) is 44.0 Å². The van der Waals surface area contributed by atoms with Crippen LogP contribution in [0.2, 0.25) is 0 Å². The lowest BCUT2D eigenvalue weighted by atomic mass is 10.2. The molecular weight excluding hydrogens is 400 g/mol.